The summed E-state index contributed by atoms with van der Waals surface area (Å²) >= 11 is 0. The van der Waals surface area contributed by atoms with E-state index in [0.717, 1.165) is 32.5 Å². The van der Waals surface area contributed by atoms with Crippen LogP contribution in [0.2, 0.25) is 0 Å². The molecule has 0 bridgehead atoms. The van der Waals surface area contributed by atoms with Crippen LogP contribution < -0.4 is 0 Å². The summed E-state index contributed by atoms with van der Waals surface area (Å²) in [5, 5.41) is 10.1. The fraction of sp³-hybridized carbons (Fsp3) is 0.625. The highest BCUT2D eigenvalue weighted by molar-refractivity contribution is 5.14. The molecule has 1 N–H and O–H groups in total. The fourth-order valence-corrected chi connectivity index (χ4v) is 2.65. The molecule has 1 heterocycles. The second-order valence-electron chi connectivity index (χ2n) is 6.10. The molecular formula is C16H25NO2. The third kappa shape index (κ3) is 5.31. The smallest absolute Gasteiger partial charge is 0.0718 e. The van der Waals surface area contributed by atoms with Crippen molar-refractivity contribution in [3.8, 4) is 0 Å². The Kier molecular flexibility index (Phi) is 4.97. The standard InChI is InChI=1S/C16H25NO2/c1-16(2,18)13-17(12-15-9-6-10-19-15)11-14-7-4-3-5-8-14/h3-5,7-8,15,18H,6,9-13H2,1-2H3. The van der Waals surface area contributed by atoms with Gasteiger partial charge in [0.05, 0.1) is 11.7 Å². The van der Waals surface area contributed by atoms with Crippen molar-refractivity contribution in [1.82, 2.24) is 4.90 Å². The normalized spacial score (nSPS) is 20.1. The highest BCUT2D eigenvalue weighted by atomic mass is 16.5. The molecule has 1 unspecified atom stereocenters. The number of aliphatic hydroxyl groups is 1. The van der Waals surface area contributed by atoms with Crippen LogP contribution in [0.5, 0.6) is 0 Å². The van der Waals surface area contributed by atoms with Crippen molar-refractivity contribution in [2.45, 2.75) is 44.9 Å². The zero-order valence-electron chi connectivity index (χ0n) is 12.0. The fourth-order valence-electron chi connectivity index (χ4n) is 2.65. The van der Waals surface area contributed by atoms with Crippen LogP contribution in [0.25, 0.3) is 0 Å². The maximum atomic E-state index is 10.1. The summed E-state index contributed by atoms with van der Waals surface area (Å²) in [6.07, 6.45) is 2.62. The molecule has 0 amide bonds. The van der Waals surface area contributed by atoms with Gasteiger partial charge in [-0.05, 0) is 32.3 Å². The van der Waals surface area contributed by atoms with E-state index in [2.05, 4.69) is 29.2 Å². The number of benzene rings is 1. The van der Waals surface area contributed by atoms with Gasteiger partial charge in [-0.2, -0.15) is 0 Å². The number of rotatable bonds is 6. The zero-order chi connectivity index (χ0) is 13.7. The van der Waals surface area contributed by atoms with Gasteiger partial charge in [0.25, 0.3) is 0 Å². The predicted octanol–water partition coefficient (Wildman–Crippen LogP) is 2.44. The van der Waals surface area contributed by atoms with Gasteiger partial charge in [0.1, 0.15) is 0 Å². The number of ether oxygens (including phenoxy) is 1. The molecule has 1 fully saturated rings. The van der Waals surface area contributed by atoms with Crippen molar-refractivity contribution in [3.05, 3.63) is 35.9 Å². The predicted molar refractivity (Wildman–Crippen MR) is 77.0 cm³/mol. The van der Waals surface area contributed by atoms with Gasteiger partial charge in [-0.1, -0.05) is 30.3 Å². The lowest BCUT2D eigenvalue weighted by Crippen LogP contribution is -2.41. The van der Waals surface area contributed by atoms with Gasteiger partial charge in [0, 0.05) is 26.2 Å². The van der Waals surface area contributed by atoms with Crippen molar-refractivity contribution >= 4 is 0 Å². The van der Waals surface area contributed by atoms with E-state index in [9.17, 15) is 5.11 Å². The molecule has 1 aromatic carbocycles. The van der Waals surface area contributed by atoms with Crippen molar-refractivity contribution in [3.63, 3.8) is 0 Å². The maximum Gasteiger partial charge on any atom is 0.0718 e. The van der Waals surface area contributed by atoms with E-state index < -0.39 is 5.60 Å². The Morgan fingerprint density at radius 1 is 1.32 bits per heavy atom. The summed E-state index contributed by atoms with van der Waals surface area (Å²) in [5.41, 5.74) is 0.609. The van der Waals surface area contributed by atoms with Gasteiger partial charge < -0.3 is 9.84 Å². The second-order valence-corrected chi connectivity index (χ2v) is 6.10. The molecule has 0 saturated carbocycles. The van der Waals surface area contributed by atoms with Crippen molar-refractivity contribution < 1.29 is 9.84 Å². The molecule has 1 aliphatic heterocycles. The molecule has 0 spiro atoms. The molecule has 3 nitrogen and oxygen atoms in total. The molecular weight excluding hydrogens is 238 g/mol. The van der Waals surface area contributed by atoms with Gasteiger partial charge in [-0.3, -0.25) is 4.90 Å². The summed E-state index contributed by atoms with van der Waals surface area (Å²) in [7, 11) is 0. The molecule has 1 atom stereocenters. The minimum absolute atomic E-state index is 0.325. The van der Waals surface area contributed by atoms with Crippen molar-refractivity contribution in [2.24, 2.45) is 0 Å². The summed E-state index contributed by atoms with van der Waals surface area (Å²) < 4.78 is 5.71. The lowest BCUT2D eigenvalue weighted by atomic mass is 10.1. The monoisotopic (exact) mass is 263 g/mol. The zero-order valence-corrected chi connectivity index (χ0v) is 12.0. The molecule has 1 aliphatic rings. The number of hydrogen-bond acceptors (Lipinski definition) is 3. The Bertz CT molecular complexity index is 366. The third-order valence-corrected chi connectivity index (χ3v) is 3.35. The van der Waals surface area contributed by atoms with E-state index in [0.29, 0.717) is 12.6 Å². The third-order valence-electron chi connectivity index (χ3n) is 3.35. The van der Waals surface area contributed by atoms with Gasteiger partial charge >= 0.3 is 0 Å². The van der Waals surface area contributed by atoms with Crippen LogP contribution in [-0.2, 0) is 11.3 Å². The van der Waals surface area contributed by atoms with Gasteiger partial charge in [-0.25, -0.2) is 0 Å². The molecule has 0 radical (unpaired) electrons. The largest absolute Gasteiger partial charge is 0.389 e. The lowest BCUT2D eigenvalue weighted by molar-refractivity contribution is 0.00881. The SMILES string of the molecule is CC(C)(O)CN(Cc1ccccc1)CC1CCCO1. The summed E-state index contributed by atoms with van der Waals surface area (Å²) in [6, 6.07) is 10.4. The Hall–Kier alpha value is -0.900. The van der Waals surface area contributed by atoms with Crippen LogP contribution in [0.1, 0.15) is 32.3 Å². The average molecular weight is 263 g/mol. The minimum Gasteiger partial charge on any atom is -0.389 e. The first kappa shape index (κ1) is 14.5. The number of hydrogen-bond donors (Lipinski definition) is 1. The van der Waals surface area contributed by atoms with E-state index in [-0.39, 0.29) is 0 Å². The Morgan fingerprint density at radius 2 is 2.05 bits per heavy atom. The van der Waals surface area contributed by atoms with E-state index in [4.69, 9.17) is 4.74 Å². The maximum absolute atomic E-state index is 10.1. The number of nitrogens with zero attached hydrogens (tertiary/aromatic N) is 1. The Labute approximate surface area is 116 Å². The van der Waals surface area contributed by atoms with Crippen LogP contribution in [0.15, 0.2) is 30.3 Å². The topological polar surface area (TPSA) is 32.7 Å². The van der Waals surface area contributed by atoms with Crippen molar-refractivity contribution in [1.29, 1.82) is 0 Å². The van der Waals surface area contributed by atoms with Gasteiger partial charge in [-0.15, -0.1) is 0 Å². The summed E-state index contributed by atoms with van der Waals surface area (Å²) in [5.74, 6) is 0. The summed E-state index contributed by atoms with van der Waals surface area (Å²) in [6.45, 7) is 7.04. The second kappa shape index (κ2) is 6.51. The molecule has 106 valence electrons. The first-order valence-electron chi connectivity index (χ1n) is 7.13. The van der Waals surface area contributed by atoms with Crippen LogP contribution in [0.4, 0.5) is 0 Å². The summed E-state index contributed by atoms with van der Waals surface area (Å²) in [4.78, 5) is 2.30. The van der Waals surface area contributed by atoms with E-state index in [1.165, 1.54) is 5.56 Å². The molecule has 2 rings (SSSR count). The molecule has 1 aromatic rings. The van der Waals surface area contributed by atoms with Crippen LogP contribution >= 0.6 is 0 Å². The Balaban J connectivity index is 1.96. The van der Waals surface area contributed by atoms with Crippen molar-refractivity contribution in [2.75, 3.05) is 19.7 Å². The van der Waals surface area contributed by atoms with E-state index >= 15 is 0 Å². The van der Waals surface area contributed by atoms with Crippen LogP contribution in [0.3, 0.4) is 0 Å². The molecule has 1 saturated heterocycles. The van der Waals surface area contributed by atoms with Crippen LogP contribution in [-0.4, -0.2) is 41.4 Å². The molecule has 19 heavy (non-hydrogen) atoms. The van der Waals surface area contributed by atoms with Gasteiger partial charge in [0.2, 0.25) is 0 Å². The Morgan fingerprint density at radius 3 is 2.63 bits per heavy atom. The first-order valence-corrected chi connectivity index (χ1v) is 7.13. The molecule has 3 heteroatoms. The molecule has 0 aliphatic carbocycles. The molecule has 0 aromatic heterocycles. The van der Waals surface area contributed by atoms with E-state index in [1.54, 1.807) is 0 Å². The van der Waals surface area contributed by atoms with Crippen LogP contribution in [0, 0.1) is 0 Å². The highest BCUT2D eigenvalue weighted by Gasteiger charge is 2.23. The highest BCUT2D eigenvalue weighted by Crippen LogP contribution is 2.17. The van der Waals surface area contributed by atoms with E-state index in [1.807, 2.05) is 19.9 Å². The quantitative estimate of drug-likeness (QED) is 0.855. The minimum atomic E-state index is -0.673. The lowest BCUT2D eigenvalue weighted by Gasteiger charge is -2.30. The van der Waals surface area contributed by atoms with Gasteiger partial charge in [0.15, 0.2) is 0 Å². The first-order chi connectivity index (χ1) is 9.03. The average Bonchev–Trinajstić information content (AvgIpc) is 2.81.